The highest BCUT2D eigenvalue weighted by Gasteiger charge is 2.45. The van der Waals surface area contributed by atoms with Crippen LogP contribution in [0, 0.1) is 24.7 Å². The number of piperidine rings is 1. The van der Waals surface area contributed by atoms with Gasteiger partial charge >= 0.3 is 0 Å². The molecule has 7 rings (SSSR count). The maximum atomic E-state index is 14.1. The van der Waals surface area contributed by atoms with Crippen molar-refractivity contribution in [1.29, 1.82) is 0 Å². The highest BCUT2D eigenvalue weighted by atomic mass is 32.1. The smallest absolute Gasteiger partial charge is 0.246 e. The Balaban J connectivity index is 0.797. The Morgan fingerprint density at radius 2 is 1.58 bits per heavy atom. The Morgan fingerprint density at radius 1 is 0.903 bits per heavy atom. The van der Waals surface area contributed by atoms with E-state index in [0.717, 1.165) is 99.9 Å². The number of aryl methyl sites for hydroxylation is 2. The van der Waals surface area contributed by atoms with Crippen LogP contribution < -0.4 is 15.4 Å². The third-order valence-corrected chi connectivity index (χ3v) is 14.9. The molecule has 4 atom stereocenters. The van der Waals surface area contributed by atoms with Crippen molar-refractivity contribution in [3.8, 4) is 27.3 Å². The highest BCUT2D eigenvalue weighted by Crippen LogP contribution is 2.42. The summed E-state index contributed by atoms with van der Waals surface area (Å²) in [7, 11) is 0. The third-order valence-electron chi connectivity index (χ3n) is 13.9. The van der Waals surface area contributed by atoms with E-state index in [1.54, 1.807) is 11.3 Å². The lowest BCUT2D eigenvalue weighted by Crippen LogP contribution is -2.58. The molecule has 72 heavy (non-hydrogen) atoms. The first-order valence-corrected chi connectivity index (χ1v) is 26.4. The van der Waals surface area contributed by atoms with E-state index in [4.69, 9.17) is 18.9 Å². The second-order valence-corrected chi connectivity index (χ2v) is 22.3. The van der Waals surface area contributed by atoms with E-state index in [0.29, 0.717) is 26.2 Å². The molecule has 3 N–H and O–H groups in total. The number of aliphatic hydroxyl groups is 1. The zero-order chi connectivity index (χ0) is 51.7. The largest absolute Gasteiger partial charge is 0.497 e. The average molecular weight is 1010 g/mol. The number of aliphatic hydroxyl groups excluding tert-OH is 1. The fraction of sp³-hybridized carbons (Fsp3) is 0.526. The van der Waals surface area contributed by atoms with Gasteiger partial charge < -0.3 is 44.5 Å². The zero-order valence-corrected chi connectivity index (χ0v) is 44.5. The van der Waals surface area contributed by atoms with Crippen LogP contribution >= 0.6 is 11.3 Å². The van der Waals surface area contributed by atoms with E-state index >= 15 is 0 Å². The molecule has 3 aliphatic rings. The zero-order valence-electron chi connectivity index (χ0n) is 43.7. The summed E-state index contributed by atoms with van der Waals surface area (Å²) >= 11 is 1.58. The molecule has 2 aliphatic heterocycles. The highest BCUT2D eigenvalue weighted by molar-refractivity contribution is 7.13. The third kappa shape index (κ3) is 14.0. The summed E-state index contributed by atoms with van der Waals surface area (Å²) in [6, 6.07) is 20.3. The summed E-state index contributed by atoms with van der Waals surface area (Å²) < 4.78 is 24.0. The summed E-state index contributed by atoms with van der Waals surface area (Å²) in [5.74, 6) is 0.514. The summed E-state index contributed by atoms with van der Waals surface area (Å²) in [6.45, 7) is 21.5. The Hall–Kier alpha value is -5.45. The van der Waals surface area contributed by atoms with Crippen molar-refractivity contribution in [2.24, 2.45) is 10.8 Å². The topological polar surface area (TPSA) is 169 Å². The predicted octanol–water partition coefficient (Wildman–Crippen LogP) is 8.48. The number of ketones is 1. The van der Waals surface area contributed by atoms with Crippen LogP contribution in [0.15, 0.2) is 78.0 Å². The number of benzene rings is 3. The number of β-amino-alcohol motifs (C(OH)–C–C–N with tert-alkyl or cyclic N) is 1. The lowest BCUT2D eigenvalue weighted by Gasteiger charge is -2.35. The van der Waals surface area contributed by atoms with Crippen LogP contribution in [0.3, 0.4) is 0 Å². The molecular weight excluding hydrogens is 931 g/mol. The van der Waals surface area contributed by atoms with E-state index < -0.39 is 35.4 Å². The summed E-state index contributed by atoms with van der Waals surface area (Å²) in [5, 5.41) is 16.5. The number of rotatable bonds is 20. The predicted molar refractivity (Wildman–Crippen MR) is 281 cm³/mol. The SMILES string of the molecule is CCOC1=C(c2cc(-c3ccc(OC4CCN(CCOCCOCC(=O)N[C@H](C(=O)N5C[C@H](O)CC5C(=O)N[C@@H](C)c5ccc(-c6scnc6C)cc5)C(C)(C)C)CC4)cc3)ccc2C)C(=O)CC(C)(C)C1. The van der Waals surface area contributed by atoms with Crippen LogP contribution in [0.5, 0.6) is 5.75 Å². The minimum absolute atomic E-state index is 0.0111. The molecule has 1 aromatic heterocycles. The number of carbonyl (C=O) groups is 4. The molecule has 0 radical (unpaired) electrons. The number of nitrogens with zero attached hydrogens (tertiary/aromatic N) is 3. The van der Waals surface area contributed by atoms with Gasteiger partial charge in [0.2, 0.25) is 17.7 Å². The molecule has 15 heteroatoms. The first kappa shape index (κ1) is 54.3. The number of allylic oxidation sites excluding steroid dienone is 2. The maximum absolute atomic E-state index is 14.1. The number of aromatic nitrogens is 1. The molecule has 3 aromatic carbocycles. The summed E-state index contributed by atoms with van der Waals surface area (Å²) in [6.07, 6.45) is 2.38. The Bertz CT molecular complexity index is 2540. The van der Waals surface area contributed by atoms with Gasteiger partial charge in [-0.1, -0.05) is 83.1 Å². The van der Waals surface area contributed by atoms with Gasteiger partial charge in [-0.15, -0.1) is 11.3 Å². The average Bonchev–Trinajstić information content (AvgIpc) is 3.96. The first-order valence-electron chi connectivity index (χ1n) is 25.5. The van der Waals surface area contributed by atoms with Crippen LogP contribution in [-0.2, 0) is 33.4 Å². The Kier molecular flexibility index (Phi) is 18.2. The van der Waals surface area contributed by atoms with Crippen molar-refractivity contribution in [2.45, 2.75) is 125 Å². The second-order valence-electron chi connectivity index (χ2n) is 21.4. The second kappa shape index (κ2) is 24.1. The summed E-state index contributed by atoms with van der Waals surface area (Å²) in [4.78, 5) is 63.5. The van der Waals surface area contributed by atoms with Crippen LogP contribution in [0.1, 0.15) is 109 Å². The number of hydrogen-bond acceptors (Lipinski definition) is 12. The molecule has 2 saturated heterocycles. The quantitative estimate of drug-likeness (QED) is 0.0727. The first-order chi connectivity index (χ1) is 34.3. The van der Waals surface area contributed by atoms with Crippen LogP contribution in [0.4, 0.5) is 0 Å². The van der Waals surface area contributed by atoms with Gasteiger partial charge in [0.25, 0.3) is 0 Å². The van der Waals surface area contributed by atoms with Crippen LogP contribution in [0.25, 0.3) is 27.1 Å². The van der Waals surface area contributed by atoms with Gasteiger partial charge in [0.15, 0.2) is 5.78 Å². The van der Waals surface area contributed by atoms with E-state index in [9.17, 15) is 24.3 Å². The van der Waals surface area contributed by atoms with Crippen molar-refractivity contribution in [1.82, 2.24) is 25.4 Å². The number of carbonyl (C=O) groups excluding carboxylic acids is 4. The molecule has 0 saturated carbocycles. The lowest BCUT2D eigenvalue weighted by molar-refractivity contribution is -0.144. The monoisotopic (exact) mass is 1010 g/mol. The van der Waals surface area contributed by atoms with Crippen molar-refractivity contribution >= 4 is 40.4 Å². The number of nitrogens with one attached hydrogen (secondary N) is 2. The number of amides is 3. The molecular formula is C57H75N5O9S. The van der Waals surface area contributed by atoms with Gasteiger partial charge in [-0.25, -0.2) is 4.98 Å². The van der Waals surface area contributed by atoms with Gasteiger partial charge in [-0.3, -0.25) is 19.2 Å². The maximum Gasteiger partial charge on any atom is 0.246 e. The number of ether oxygens (including phenoxy) is 4. The van der Waals surface area contributed by atoms with Crippen molar-refractivity contribution in [3.05, 3.63) is 100 Å². The lowest BCUT2D eigenvalue weighted by atomic mass is 9.74. The van der Waals surface area contributed by atoms with E-state index in [1.807, 2.05) is 90.4 Å². The minimum atomic E-state index is -0.957. The molecule has 4 aromatic rings. The van der Waals surface area contributed by atoms with Gasteiger partial charge in [0.05, 0.1) is 60.2 Å². The molecule has 388 valence electrons. The molecule has 2 fully saturated rings. The van der Waals surface area contributed by atoms with Crippen molar-refractivity contribution in [2.75, 3.05) is 59.2 Å². The molecule has 3 amide bonds. The molecule has 1 aliphatic carbocycles. The minimum Gasteiger partial charge on any atom is -0.497 e. The van der Waals surface area contributed by atoms with E-state index in [2.05, 4.69) is 64.7 Å². The number of likely N-dealkylation sites (tertiary alicyclic amines) is 2. The van der Waals surface area contributed by atoms with Gasteiger partial charge in [0, 0.05) is 45.4 Å². The van der Waals surface area contributed by atoms with Gasteiger partial charge in [-0.2, -0.15) is 0 Å². The molecule has 0 spiro atoms. The van der Waals surface area contributed by atoms with Gasteiger partial charge in [0.1, 0.15) is 36.3 Å². The Labute approximate surface area is 429 Å². The van der Waals surface area contributed by atoms with Crippen molar-refractivity contribution < 1.29 is 43.2 Å². The fourth-order valence-corrected chi connectivity index (χ4v) is 10.7. The normalized spacial score (nSPS) is 19.5. The standard InChI is InChI=1S/C57H75N5O9S/c1-10-70-49-32-57(8,9)31-48(64)51(49)46-29-42(12-11-36(46)2)40-17-19-44(20-18-40)71-45-21-23-61(24-22-45)25-26-68-27-28-69-34-50(65)60-53(56(5,6)7)55(67)62-33-43(63)30-47(62)54(66)59-37(3)39-13-15-41(16-14-39)52-38(4)58-35-72-52/h11-20,29,35,37,43,45,47,53,63H,10,21-28,30-34H2,1-9H3,(H,59,66)(H,60,65)/t37-,43+,47?,53+/m0/s1. The van der Waals surface area contributed by atoms with Crippen LogP contribution in [0.2, 0.25) is 0 Å². The van der Waals surface area contributed by atoms with E-state index in [-0.39, 0.29) is 55.4 Å². The number of Topliss-reactive ketones (excluding diaryl/α,β-unsaturated/α-hetero) is 1. The molecule has 0 bridgehead atoms. The number of thiazole rings is 1. The van der Waals surface area contributed by atoms with Gasteiger partial charge in [-0.05, 0) is 103 Å². The molecule has 3 heterocycles. The summed E-state index contributed by atoms with van der Waals surface area (Å²) in [5.41, 5.74) is 8.73. The van der Waals surface area contributed by atoms with E-state index in [1.165, 1.54) is 4.90 Å². The number of hydrogen-bond donors (Lipinski definition) is 3. The molecule has 14 nitrogen and oxygen atoms in total. The van der Waals surface area contributed by atoms with Crippen molar-refractivity contribution in [3.63, 3.8) is 0 Å². The fourth-order valence-electron chi connectivity index (χ4n) is 9.90. The Morgan fingerprint density at radius 3 is 2.25 bits per heavy atom. The van der Waals surface area contributed by atoms with Crippen LogP contribution in [-0.4, -0.2) is 127 Å². The molecule has 1 unspecified atom stereocenters.